The first kappa shape index (κ1) is 14.0. The molecular formula is C12H9ClN2O2S2. The Labute approximate surface area is 120 Å². The third-order valence-electron chi connectivity index (χ3n) is 2.35. The first-order valence-electron chi connectivity index (χ1n) is 5.25. The van der Waals surface area contributed by atoms with Crippen LogP contribution in [0.1, 0.15) is 11.6 Å². The van der Waals surface area contributed by atoms with Crippen molar-refractivity contribution in [3.8, 4) is 6.07 Å². The Morgan fingerprint density at radius 1 is 1.21 bits per heavy atom. The van der Waals surface area contributed by atoms with Gasteiger partial charge in [-0.2, -0.15) is 9.98 Å². The predicted molar refractivity (Wildman–Crippen MR) is 74.4 cm³/mol. The van der Waals surface area contributed by atoms with Crippen LogP contribution in [-0.4, -0.2) is 8.42 Å². The minimum atomic E-state index is -3.74. The molecule has 1 unspecified atom stereocenters. The molecule has 1 heterocycles. The minimum Gasteiger partial charge on any atom is -0.206 e. The molecule has 2 rings (SSSR count). The molecule has 1 aromatic carbocycles. The Balaban J connectivity index is 2.27. The number of nitrogens with zero attached hydrogens (tertiary/aromatic N) is 1. The summed E-state index contributed by atoms with van der Waals surface area (Å²) in [6.45, 7) is 0. The Bertz CT molecular complexity index is 705. The van der Waals surface area contributed by atoms with Crippen molar-refractivity contribution in [3.63, 3.8) is 0 Å². The molecule has 2 aromatic rings. The molecule has 0 aliphatic carbocycles. The summed E-state index contributed by atoms with van der Waals surface area (Å²) in [7, 11) is -3.74. The zero-order valence-corrected chi connectivity index (χ0v) is 12.0. The van der Waals surface area contributed by atoms with Gasteiger partial charge in [-0.1, -0.05) is 41.9 Å². The zero-order valence-electron chi connectivity index (χ0n) is 9.58. The first-order valence-corrected chi connectivity index (χ1v) is 7.93. The number of benzene rings is 1. The van der Waals surface area contributed by atoms with Crippen molar-refractivity contribution in [1.82, 2.24) is 4.72 Å². The third-order valence-corrected chi connectivity index (χ3v) is 5.49. The molecule has 0 bridgehead atoms. The van der Waals surface area contributed by atoms with Gasteiger partial charge in [0.1, 0.15) is 10.3 Å². The molecular weight excluding hydrogens is 304 g/mol. The Kier molecular flexibility index (Phi) is 4.22. The van der Waals surface area contributed by atoms with Crippen LogP contribution in [0.3, 0.4) is 0 Å². The van der Waals surface area contributed by atoms with Crippen molar-refractivity contribution in [1.29, 1.82) is 5.26 Å². The first-order chi connectivity index (χ1) is 9.03. The van der Waals surface area contributed by atoms with Crippen LogP contribution < -0.4 is 4.72 Å². The van der Waals surface area contributed by atoms with Gasteiger partial charge in [-0.25, -0.2) is 8.42 Å². The van der Waals surface area contributed by atoms with Crippen LogP contribution in [0.5, 0.6) is 0 Å². The van der Waals surface area contributed by atoms with E-state index in [9.17, 15) is 8.42 Å². The maximum Gasteiger partial charge on any atom is 0.251 e. The molecule has 1 N–H and O–H groups in total. The molecule has 0 spiro atoms. The van der Waals surface area contributed by atoms with Gasteiger partial charge in [0.15, 0.2) is 0 Å². The van der Waals surface area contributed by atoms with Gasteiger partial charge in [0.25, 0.3) is 10.0 Å². The Morgan fingerprint density at radius 3 is 2.42 bits per heavy atom. The number of sulfonamides is 1. The number of hydrogen-bond acceptors (Lipinski definition) is 4. The minimum absolute atomic E-state index is 0.0914. The fraction of sp³-hybridized carbons (Fsp3) is 0.0833. The zero-order chi connectivity index (χ0) is 13.9. The molecule has 1 aromatic heterocycles. The maximum absolute atomic E-state index is 12.1. The molecule has 0 aliphatic rings. The van der Waals surface area contributed by atoms with Gasteiger partial charge in [0.05, 0.1) is 10.4 Å². The lowest BCUT2D eigenvalue weighted by Gasteiger charge is -2.11. The van der Waals surface area contributed by atoms with Crippen molar-refractivity contribution < 1.29 is 8.42 Å². The summed E-state index contributed by atoms with van der Waals surface area (Å²) in [6, 6.07) is 12.6. The van der Waals surface area contributed by atoms with Crippen molar-refractivity contribution in [2.75, 3.05) is 0 Å². The number of nitriles is 1. The summed E-state index contributed by atoms with van der Waals surface area (Å²) in [6.07, 6.45) is 0. The quantitative estimate of drug-likeness (QED) is 0.943. The van der Waals surface area contributed by atoms with Crippen LogP contribution in [0.25, 0.3) is 0 Å². The number of thiophene rings is 1. The highest BCUT2D eigenvalue weighted by Gasteiger charge is 2.22. The predicted octanol–water partition coefficient (Wildman–Crippen LogP) is 2.94. The molecule has 0 saturated carbocycles. The van der Waals surface area contributed by atoms with E-state index in [1.54, 1.807) is 30.3 Å². The van der Waals surface area contributed by atoms with E-state index in [0.717, 1.165) is 11.3 Å². The molecule has 0 aliphatic heterocycles. The molecule has 1 atom stereocenters. The van der Waals surface area contributed by atoms with Crippen molar-refractivity contribution in [2.24, 2.45) is 0 Å². The number of hydrogen-bond donors (Lipinski definition) is 1. The maximum atomic E-state index is 12.1. The number of rotatable bonds is 4. The highest BCUT2D eigenvalue weighted by atomic mass is 35.5. The lowest BCUT2D eigenvalue weighted by molar-refractivity contribution is 0.577. The monoisotopic (exact) mass is 312 g/mol. The van der Waals surface area contributed by atoms with E-state index in [1.165, 1.54) is 12.1 Å². The summed E-state index contributed by atoms with van der Waals surface area (Å²) in [5.41, 5.74) is 0.594. The van der Waals surface area contributed by atoms with Gasteiger partial charge >= 0.3 is 0 Å². The fourth-order valence-corrected chi connectivity index (χ4v) is 4.10. The second kappa shape index (κ2) is 5.72. The number of nitrogens with one attached hydrogen (secondary N) is 1. The molecule has 0 radical (unpaired) electrons. The summed E-state index contributed by atoms with van der Waals surface area (Å²) in [5.74, 6) is 0. The van der Waals surface area contributed by atoms with Crippen LogP contribution in [0.15, 0.2) is 46.7 Å². The average Bonchev–Trinajstić information content (AvgIpc) is 2.85. The van der Waals surface area contributed by atoms with Gasteiger partial charge in [-0.3, -0.25) is 0 Å². The van der Waals surface area contributed by atoms with Crippen LogP contribution in [0, 0.1) is 11.3 Å². The molecule has 0 fully saturated rings. The summed E-state index contributed by atoms with van der Waals surface area (Å²) in [5, 5.41) is 9.10. The molecule has 4 nitrogen and oxygen atoms in total. The van der Waals surface area contributed by atoms with E-state index < -0.39 is 16.1 Å². The van der Waals surface area contributed by atoms with Crippen LogP contribution in [-0.2, 0) is 10.0 Å². The lowest BCUT2D eigenvalue weighted by Crippen LogP contribution is -2.27. The van der Waals surface area contributed by atoms with Crippen LogP contribution >= 0.6 is 22.9 Å². The van der Waals surface area contributed by atoms with Crippen LogP contribution in [0.4, 0.5) is 0 Å². The van der Waals surface area contributed by atoms with Gasteiger partial charge < -0.3 is 0 Å². The largest absolute Gasteiger partial charge is 0.251 e. The van der Waals surface area contributed by atoms with Gasteiger partial charge in [-0.05, 0) is 17.7 Å². The van der Waals surface area contributed by atoms with Crippen molar-refractivity contribution in [2.45, 2.75) is 10.3 Å². The van der Waals surface area contributed by atoms with Crippen molar-refractivity contribution in [3.05, 3.63) is 52.4 Å². The topological polar surface area (TPSA) is 70.0 Å². The van der Waals surface area contributed by atoms with Crippen LogP contribution in [0.2, 0.25) is 4.34 Å². The van der Waals surface area contributed by atoms with Gasteiger partial charge in [0.2, 0.25) is 0 Å². The Morgan fingerprint density at radius 2 is 1.89 bits per heavy atom. The average molecular weight is 313 g/mol. The number of halogens is 1. The second-order valence-electron chi connectivity index (χ2n) is 3.65. The van der Waals surface area contributed by atoms with E-state index in [1.807, 2.05) is 6.07 Å². The van der Waals surface area contributed by atoms with Gasteiger partial charge in [0, 0.05) is 0 Å². The highest BCUT2D eigenvalue weighted by Crippen LogP contribution is 2.26. The molecule has 0 saturated heterocycles. The van der Waals surface area contributed by atoms with E-state index in [-0.39, 0.29) is 4.21 Å². The third kappa shape index (κ3) is 3.33. The fourth-order valence-electron chi connectivity index (χ4n) is 1.47. The SMILES string of the molecule is N#CC(NS(=O)(=O)c1ccc(Cl)s1)c1ccccc1. The van der Waals surface area contributed by atoms with E-state index in [4.69, 9.17) is 16.9 Å². The summed E-state index contributed by atoms with van der Waals surface area (Å²) in [4.78, 5) is 0. The standard InChI is InChI=1S/C12H9ClN2O2S2/c13-11-6-7-12(18-11)19(16,17)15-10(8-14)9-4-2-1-3-5-9/h1-7,10,15H. The highest BCUT2D eigenvalue weighted by molar-refractivity contribution is 7.91. The molecule has 19 heavy (non-hydrogen) atoms. The van der Waals surface area contributed by atoms with E-state index >= 15 is 0 Å². The van der Waals surface area contributed by atoms with Crippen molar-refractivity contribution >= 4 is 33.0 Å². The van der Waals surface area contributed by atoms with E-state index in [2.05, 4.69) is 4.72 Å². The molecule has 0 amide bonds. The van der Waals surface area contributed by atoms with Gasteiger partial charge in [-0.15, -0.1) is 11.3 Å². The molecule has 98 valence electrons. The molecule has 7 heteroatoms. The Hall–Kier alpha value is -1.39. The summed E-state index contributed by atoms with van der Waals surface area (Å²) >= 11 is 6.66. The van der Waals surface area contributed by atoms with E-state index in [0.29, 0.717) is 9.90 Å². The lowest BCUT2D eigenvalue weighted by atomic mass is 10.1. The second-order valence-corrected chi connectivity index (χ2v) is 7.31. The summed E-state index contributed by atoms with van der Waals surface area (Å²) < 4.78 is 27.0. The smallest absolute Gasteiger partial charge is 0.206 e. The normalized spacial score (nSPS) is 12.8.